The zero-order chi connectivity index (χ0) is 12.3. The Labute approximate surface area is 105 Å². The van der Waals surface area contributed by atoms with E-state index in [1.807, 2.05) is 39.0 Å². The number of rotatable bonds is 3. The van der Waals surface area contributed by atoms with Gasteiger partial charge in [0, 0.05) is 11.5 Å². The third kappa shape index (κ3) is 2.62. The molecule has 0 unspecified atom stereocenters. The fraction of sp³-hybridized carbons (Fsp3) is 0.417. The number of benzene rings is 1. The van der Waals surface area contributed by atoms with E-state index < -0.39 is 5.41 Å². The molecule has 88 valence electrons. The molecular weight excluding hydrogens is 268 g/mol. The van der Waals surface area contributed by atoms with Crippen LogP contribution in [0.2, 0.25) is 0 Å². The van der Waals surface area contributed by atoms with Gasteiger partial charge in [0.25, 0.3) is 0 Å². The van der Waals surface area contributed by atoms with Crippen LogP contribution >= 0.6 is 15.9 Å². The van der Waals surface area contributed by atoms with Crippen molar-refractivity contribution in [2.24, 2.45) is 0 Å². The predicted molar refractivity (Wildman–Crippen MR) is 69.1 cm³/mol. The van der Waals surface area contributed by atoms with Crippen molar-refractivity contribution in [2.45, 2.75) is 26.2 Å². The number of carbonyl (C=O) groups is 1. The number of carbonyl (C=O) groups excluding carboxylic acids is 1. The van der Waals surface area contributed by atoms with E-state index >= 15 is 0 Å². The Kier molecular flexibility index (Phi) is 4.10. The van der Waals surface area contributed by atoms with Crippen molar-refractivity contribution >= 4 is 21.8 Å². The molecular formula is C12H17BrN2O. The summed E-state index contributed by atoms with van der Waals surface area (Å²) in [7, 11) is 1.68. The van der Waals surface area contributed by atoms with Crippen LogP contribution in [0, 0.1) is 6.92 Å². The van der Waals surface area contributed by atoms with Crippen molar-refractivity contribution in [3.05, 3.63) is 33.8 Å². The van der Waals surface area contributed by atoms with Crippen LogP contribution in [0.15, 0.2) is 22.7 Å². The van der Waals surface area contributed by atoms with Gasteiger partial charge in [-0.2, -0.15) is 0 Å². The van der Waals surface area contributed by atoms with E-state index in [4.69, 9.17) is 0 Å². The largest absolute Gasteiger partial charge is 0.291 e. The molecule has 0 heterocycles. The van der Waals surface area contributed by atoms with E-state index in [0.717, 1.165) is 15.6 Å². The molecule has 0 aliphatic rings. The maximum Gasteiger partial charge on any atom is 0.244 e. The smallest absolute Gasteiger partial charge is 0.244 e. The van der Waals surface area contributed by atoms with E-state index in [1.54, 1.807) is 7.05 Å². The average molecular weight is 285 g/mol. The summed E-state index contributed by atoms with van der Waals surface area (Å²) in [4.78, 5) is 11.9. The number of amides is 1. The molecule has 0 aliphatic heterocycles. The van der Waals surface area contributed by atoms with Crippen LogP contribution in [0.5, 0.6) is 0 Å². The van der Waals surface area contributed by atoms with E-state index in [9.17, 15) is 4.79 Å². The number of hydrogen-bond donors (Lipinski definition) is 2. The molecule has 0 bridgehead atoms. The van der Waals surface area contributed by atoms with Crippen molar-refractivity contribution in [2.75, 3.05) is 7.05 Å². The number of nitrogens with one attached hydrogen (secondary N) is 2. The van der Waals surface area contributed by atoms with Gasteiger partial charge in [-0.3, -0.25) is 10.2 Å². The topological polar surface area (TPSA) is 41.1 Å². The van der Waals surface area contributed by atoms with Gasteiger partial charge in [0.05, 0.1) is 5.41 Å². The van der Waals surface area contributed by atoms with Crippen LogP contribution in [-0.2, 0) is 10.2 Å². The molecule has 4 heteroatoms. The minimum Gasteiger partial charge on any atom is -0.291 e. The number of aryl methyl sites for hydroxylation is 1. The molecule has 1 aromatic rings. The summed E-state index contributed by atoms with van der Waals surface area (Å²) in [5.41, 5.74) is 6.87. The standard InChI is InChI=1S/C12H17BrN2O/c1-8-5-6-9(13)7-10(8)12(2,3)11(16)15-14-4/h5-7,14H,1-4H3,(H,15,16). The van der Waals surface area contributed by atoms with E-state index in [-0.39, 0.29) is 5.91 Å². The molecule has 16 heavy (non-hydrogen) atoms. The van der Waals surface area contributed by atoms with Gasteiger partial charge >= 0.3 is 0 Å². The lowest BCUT2D eigenvalue weighted by Gasteiger charge is -2.25. The van der Waals surface area contributed by atoms with Crippen LogP contribution in [0.1, 0.15) is 25.0 Å². The molecule has 0 spiro atoms. The van der Waals surface area contributed by atoms with Gasteiger partial charge in [-0.25, -0.2) is 5.43 Å². The number of hydrogen-bond acceptors (Lipinski definition) is 2. The molecule has 0 atom stereocenters. The molecule has 0 fully saturated rings. The molecule has 0 aromatic heterocycles. The van der Waals surface area contributed by atoms with E-state index in [2.05, 4.69) is 26.8 Å². The Morgan fingerprint density at radius 3 is 2.56 bits per heavy atom. The molecule has 0 aliphatic carbocycles. The molecule has 1 rings (SSSR count). The molecule has 0 saturated carbocycles. The fourth-order valence-corrected chi connectivity index (χ4v) is 2.02. The molecule has 2 N–H and O–H groups in total. The summed E-state index contributed by atoms with van der Waals surface area (Å²) in [5, 5.41) is 0. The van der Waals surface area contributed by atoms with E-state index in [0.29, 0.717) is 0 Å². The highest BCUT2D eigenvalue weighted by Gasteiger charge is 2.30. The highest BCUT2D eigenvalue weighted by Crippen LogP contribution is 2.28. The maximum atomic E-state index is 11.9. The lowest BCUT2D eigenvalue weighted by atomic mass is 9.81. The van der Waals surface area contributed by atoms with Gasteiger partial charge in [-0.1, -0.05) is 22.0 Å². The third-order valence-corrected chi connectivity index (χ3v) is 3.17. The van der Waals surface area contributed by atoms with Crippen molar-refractivity contribution in [3.63, 3.8) is 0 Å². The Morgan fingerprint density at radius 1 is 1.38 bits per heavy atom. The Balaban J connectivity index is 3.15. The minimum absolute atomic E-state index is 0.0452. The van der Waals surface area contributed by atoms with Gasteiger partial charge in [-0.05, 0) is 44.0 Å². The summed E-state index contributed by atoms with van der Waals surface area (Å²) in [6.45, 7) is 5.83. The first kappa shape index (κ1) is 13.2. The first-order valence-corrected chi connectivity index (χ1v) is 5.92. The first-order chi connectivity index (χ1) is 7.39. The van der Waals surface area contributed by atoms with Crippen LogP contribution in [0.25, 0.3) is 0 Å². The summed E-state index contributed by atoms with van der Waals surface area (Å²) in [5.74, 6) is -0.0452. The SMILES string of the molecule is CNNC(=O)C(C)(C)c1cc(Br)ccc1C. The second kappa shape index (κ2) is 4.97. The van der Waals surface area contributed by atoms with Crippen molar-refractivity contribution in [1.29, 1.82) is 0 Å². The summed E-state index contributed by atoms with van der Waals surface area (Å²) in [6, 6.07) is 5.98. The second-order valence-corrected chi connectivity index (χ2v) is 5.20. The lowest BCUT2D eigenvalue weighted by Crippen LogP contribution is -2.45. The maximum absolute atomic E-state index is 11.9. The van der Waals surface area contributed by atoms with Gasteiger partial charge in [-0.15, -0.1) is 0 Å². The van der Waals surface area contributed by atoms with Gasteiger partial charge in [0.15, 0.2) is 0 Å². The van der Waals surface area contributed by atoms with Gasteiger partial charge < -0.3 is 0 Å². The lowest BCUT2D eigenvalue weighted by molar-refractivity contribution is -0.126. The van der Waals surface area contributed by atoms with Crippen molar-refractivity contribution < 1.29 is 4.79 Å². The third-order valence-electron chi connectivity index (χ3n) is 2.68. The highest BCUT2D eigenvalue weighted by molar-refractivity contribution is 9.10. The Bertz CT molecular complexity index is 402. The van der Waals surface area contributed by atoms with E-state index in [1.165, 1.54) is 0 Å². The predicted octanol–water partition coefficient (Wildman–Crippen LogP) is 2.29. The monoisotopic (exact) mass is 284 g/mol. The van der Waals surface area contributed by atoms with Crippen LogP contribution < -0.4 is 10.9 Å². The molecule has 0 radical (unpaired) electrons. The first-order valence-electron chi connectivity index (χ1n) is 5.13. The zero-order valence-corrected chi connectivity index (χ0v) is 11.6. The summed E-state index contributed by atoms with van der Waals surface area (Å²) >= 11 is 3.43. The summed E-state index contributed by atoms with van der Waals surface area (Å²) < 4.78 is 0.985. The number of hydrazine groups is 1. The Morgan fingerprint density at radius 2 is 2.00 bits per heavy atom. The number of halogens is 1. The molecule has 1 amide bonds. The average Bonchev–Trinajstić information content (AvgIpc) is 2.22. The van der Waals surface area contributed by atoms with Crippen LogP contribution in [0.4, 0.5) is 0 Å². The normalized spacial score (nSPS) is 11.3. The highest BCUT2D eigenvalue weighted by atomic mass is 79.9. The Hall–Kier alpha value is -0.870. The quantitative estimate of drug-likeness (QED) is 0.837. The van der Waals surface area contributed by atoms with Crippen molar-refractivity contribution in [1.82, 2.24) is 10.9 Å². The van der Waals surface area contributed by atoms with Gasteiger partial charge in [0.2, 0.25) is 5.91 Å². The van der Waals surface area contributed by atoms with Crippen LogP contribution in [0.3, 0.4) is 0 Å². The van der Waals surface area contributed by atoms with Crippen molar-refractivity contribution in [3.8, 4) is 0 Å². The minimum atomic E-state index is -0.559. The summed E-state index contributed by atoms with van der Waals surface area (Å²) in [6.07, 6.45) is 0. The zero-order valence-electron chi connectivity index (χ0n) is 10.0. The molecule has 0 saturated heterocycles. The molecule has 3 nitrogen and oxygen atoms in total. The van der Waals surface area contributed by atoms with Crippen LogP contribution in [-0.4, -0.2) is 13.0 Å². The molecule has 1 aromatic carbocycles. The second-order valence-electron chi connectivity index (χ2n) is 4.29. The fourth-order valence-electron chi connectivity index (χ4n) is 1.66. The van der Waals surface area contributed by atoms with Gasteiger partial charge in [0.1, 0.15) is 0 Å².